The zero-order chi connectivity index (χ0) is 14.6. The van der Waals surface area contributed by atoms with Crippen molar-refractivity contribution in [3.8, 4) is 5.75 Å². The van der Waals surface area contributed by atoms with Gasteiger partial charge in [-0.15, -0.1) is 0 Å². The molecule has 1 rings (SSSR count). The van der Waals surface area contributed by atoms with Gasteiger partial charge in [0.25, 0.3) is 0 Å². The van der Waals surface area contributed by atoms with Crippen molar-refractivity contribution in [3.63, 3.8) is 0 Å². The number of hydrazone groups is 1. The molecule has 3 nitrogen and oxygen atoms in total. The second-order valence-corrected chi connectivity index (χ2v) is 5.28. The molecule has 0 amide bonds. The van der Waals surface area contributed by atoms with Crippen LogP contribution in [0.2, 0.25) is 0 Å². The summed E-state index contributed by atoms with van der Waals surface area (Å²) in [4.78, 5) is 0. The summed E-state index contributed by atoms with van der Waals surface area (Å²) in [6.07, 6.45) is 9.61. The SMILES string of the molecule is CCCCCCCCOc1ccc(/C=N/N(C)C)cc1. The first-order valence-electron chi connectivity index (χ1n) is 7.66. The molecule has 3 heteroatoms. The molecule has 112 valence electrons. The van der Waals surface area contributed by atoms with Crippen molar-refractivity contribution in [2.24, 2.45) is 5.10 Å². The zero-order valence-electron chi connectivity index (χ0n) is 13.1. The Morgan fingerprint density at radius 3 is 2.30 bits per heavy atom. The van der Waals surface area contributed by atoms with Crippen molar-refractivity contribution in [2.75, 3.05) is 20.7 Å². The molecule has 20 heavy (non-hydrogen) atoms. The molecule has 0 heterocycles. The van der Waals surface area contributed by atoms with Gasteiger partial charge in [0.05, 0.1) is 12.8 Å². The molecular weight excluding hydrogens is 248 g/mol. The molecular formula is C17H28N2O. The summed E-state index contributed by atoms with van der Waals surface area (Å²) in [6.45, 7) is 3.06. The van der Waals surface area contributed by atoms with Crippen LogP contribution in [0.1, 0.15) is 51.0 Å². The fourth-order valence-corrected chi connectivity index (χ4v) is 1.90. The van der Waals surface area contributed by atoms with Crippen LogP contribution in [-0.4, -0.2) is 31.9 Å². The number of rotatable bonds is 10. The second-order valence-electron chi connectivity index (χ2n) is 5.28. The van der Waals surface area contributed by atoms with E-state index in [1.807, 2.05) is 44.6 Å². The van der Waals surface area contributed by atoms with E-state index in [4.69, 9.17) is 4.74 Å². The van der Waals surface area contributed by atoms with Crippen molar-refractivity contribution in [3.05, 3.63) is 29.8 Å². The van der Waals surface area contributed by atoms with Crippen molar-refractivity contribution in [2.45, 2.75) is 45.4 Å². The van der Waals surface area contributed by atoms with Gasteiger partial charge in [-0.1, -0.05) is 39.0 Å². The van der Waals surface area contributed by atoms with Gasteiger partial charge < -0.3 is 9.75 Å². The Bertz CT molecular complexity index is 371. The van der Waals surface area contributed by atoms with E-state index in [1.165, 1.54) is 32.1 Å². The van der Waals surface area contributed by atoms with Gasteiger partial charge in [0, 0.05) is 14.1 Å². The Morgan fingerprint density at radius 2 is 1.65 bits per heavy atom. The van der Waals surface area contributed by atoms with E-state index in [0.717, 1.165) is 24.3 Å². The predicted octanol–water partition coefficient (Wildman–Crippen LogP) is 4.32. The quantitative estimate of drug-likeness (QED) is 0.361. The fourth-order valence-electron chi connectivity index (χ4n) is 1.90. The highest BCUT2D eigenvalue weighted by Crippen LogP contribution is 2.12. The van der Waals surface area contributed by atoms with Crippen LogP contribution in [0.3, 0.4) is 0 Å². The van der Waals surface area contributed by atoms with Gasteiger partial charge in [0.1, 0.15) is 5.75 Å². The first kappa shape index (κ1) is 16.5. The van der Waals surface area contributed by atoms with Crippen LogP contribution >= 0.6 is 0 Å². The molecule has 0 N–H and O–H groups in total. The second kappa shape index (κ2) is 10.3. The van der Waals surface area contributed by atoms with Gasteiger partial charge in [-0.25, -0.2) is 0 Å². The summed E-state index contributed by atoms with van der Waals surface area (Å²) in [5.41, 5.74) is 1.09. The minimum atomic E-state index is 0.817. The van der Waals surface area contributed by atoms with E-state index in [0.29, 0.717) is 0 Å². The van der Waals surface area contributed by atoms with Crippen LogP contribution in [0.25, 0.3) is 0 Å². The molecule has 0 aliphatic rings. The number of benzene rings is 1. The number of unbranched alkanes of at least 4 members (excludes halogenated alkanes) is 5. The van der Waals surface area contributed by atoms with Crippen LogP contribution in [0, 0.1) is 0 Å². The van der Waals surface area contributed by atoms with Crippen molar-refractivity contribution in [1.29, 1.82) is 0 Å². The lowest BCUT2D eigenvalue weighted by Crippen LogP contribution is -2.02. The smallest absolute Gasteiger partial charge is 0.119 e. The molecule has 0 bridgehead atoms. The third kappa shape index (κ3) is 7.82. The Labute approximate surface area is 123 Å². The fraction of sp³-hybridized carbons (Fsp3) is 0.588. The van der Waals surface area contributed by atoms with Crippen molar-refractivity contribution >= 4 is 6.21 Å². The van der Waals surface area contributed by atoms with Gasteiger partial charge in [0.15, 0.2) is 0 Å². The molecule has 0 aromatic heterocycles. The van der Waals surface area contributed by atoms with Gasteiger partial charge in [-0.05, 0) is 36.2 Å². The highest BCUT2D eigenvalue weighted by Gasteiger charge is 1.95. The lowest BCUT2D eigenvalue weighted by atomic mass is 10.1. The molecule has 1 aromatic carbocycles. The van der Waals surface area contributed by atoms with E-state index in [-0.39, 0.29) is 0 Å². The number of hydrogen-bond donors (Lipinski definition) is 0. The average Bonchev–Trinajstić information content (AvgIpc) is 2.45. The zero-order valence-corrected chi connectivity index (χ0v) is 13.1. The first-order valence-corrected chi connectivity index (χ1v) is 7.66. The van der Waals surface area contributed by atoms with Crippen LogP contribution in [0.4, 0.5) is 0 Å². The standard InChI is InChI=1S/C17H28N2O/c1-4-5-6-7-8-9-14-20-17-12-10-16(11-13-17)15-18-19(2)3/h10-13,15H,4-9,14H2,1-3H3/b18-15+. The molecule has 0 fully saturated rings. The van der Waals surface area contributed by atoms with Gasteiger partial charge in [0.2, 0.25) is 0 Å². The Balaban J connectivity index is 2.18. The maximum absolute atomic E-state index is 5.74. The van der Waals surface area contributed by atoms with E-state index < -0.39 is 0 Å². The van der Waals surface area contributed by atoms with Crippen LogP contribution in [-0.2, 0) is 0 Å². The Morgan fingerprint density at radius 1 is 1.00 bits per heavy atom. The van der Waals surface area contributed by atoms with Gasteiger partial charge in [-0.3, -0.25) is 0 Å². The van der Waals surface area contributed by atoms with Gasteiger partial charge in [-0.2, -0.15) is 5.10 Å². The number of nitrogens with zero attached hydrogens (tertiary/aromatic N) is 2. The molecule has 0 aliphatic carbocycles. The summed E-state index contributed by atoms with van der Waals surface area (Å²) in [7, 11) is 3.82. The van der Waals surface area contributed by atoms with Crippen LogP contribution in [0.5, 0.6) is 5.75 Å². The number of hydrogen-bond acceptors (Lipinski definition) is 3. The van der Waals surface area contributed by atoms with Crippen LogP contribution < -0.4 is 4.74 Å². The molecule has 0 unspecified atom stereocenters. The predicted molar refractivity (Wildman–Crippen MR) is 86.6 cm³/mol. The molecule has 0 saturated carbocycles. The minimum Gasteiger partial charge on any atom is -0.494 e. The molecule has 0 radical (unpaired) electrons. The third-order valence-corrected chi connectivity index (χ3v) is 3.08. The lowest BCUT2D eigenvalue weighted by molar-refractivity contribution is 0.304. The summed E-state index contributed by atoms with van der Waals surface area (Å²) in [6, 6.07) is 8.08. The summed E-state index contributed by atoms with van der Waals surface area (Å²) >= 11 is 0. The topological polar surface area (TPSA) is 24.8 Å². The van der Waals surface area contributed by atoms with Crippen molar-refractivity contribution in [1.82, 2.24) is 5.01 Å². The summed E-state index contributed by atoms with van der Waals surface area (Å²) in [5.74, 6) is 0.945. The van der Waals surface area contributed by atoms with E-state index in [1.54, 1.807) is 5.01 Å². The molecule has 1 aromatic rings. The highest BCUT2D eigenvalue weighted by atomic mass is 16.5. The molecule has 0 spiro atoms. The minimum absolute atomic E-state index is 0.817. The average molecular weight is 276 g/mol. The Kier molecular flexibility index (Phi) is 8.52. The first-order chi connectivity index (χ1) is 9.72. The normalized spacial score (nSPS) is 10.9. The maximum Gasteiger partial charge on any atom is 0.119 e. The maximum atomic E-state index is 5.74. The summed E-state index contributed by atoms with van der Waals surface area (Å²) in [5, 5.41) is 5.98. The lowest BCUT2D eigenvalue weighted by Gasteiger charge is -2.06. The molecule has 0 saturated heterocycles. The summed E-state index contributed by atoms with van der Waals surface area (Å²) < 4.78 is 5.74. The highest BCUT2D eigenvalue weighted by molar-refractivity contribution is 5.79. The van der Waals surface area contributed by atoms with Crippen molar-refractivity contribution < 1.29 is 4.74 Å². The monoisotopic (exact) mass is 276 g/mol. The number of ether oxygens (including phenoxy) is 1. The van der Waals surface area contributed by atoms with E-state index in [9.17, 15) is 0 Å². The van der Waals surface area contributed by atoms with Crippen LogP contribution in [0.15, 0.2) is 29.4 Å². The largest absolute Gasteiger partial charge is 0.494 e. The van der Waals surface area contributed by atoms with Gasteiger partial charge >= 0.3 is 0 Å². The molecule has 0 aliphatic heterocycles. The Hall–Kier alpha value is -1.51. The molecule has 0 atom stereocenters. The van der Waals surface area contributed by atoms with E-state index >= 15 is 0 Å². The third-order valence-electron chi connectivity index (χ3n) is 3.08. The van der Waals surface area contributed by atoms with E-state index in [2.05, 4.69) is 12.0 Å².